The maximum absolute atomic E-state index is 10.2. The van der Waals surface area contributed by atoms with Crippen molar-refractivity contribution in [1.82, 2.24) is 0 Å². The third kappa shape index (κ3) is 9.87. The molecule has 0 aliphatic heterocycles. The lowest BCUT2D eigenvalue weighted by Crippen LogP contribution is -2.07. The van der Waals surface area contributed by atoms with Gasteiger partial charge >= 0.3 is 0 Å². The van der Waals surface area contributed by atoms with Crippen LogP contribution >= 0.6 is 0 Å². The number of hydrogen-bond acceptors (Lipinski definition) is 3. The minimum Gasteiger partial charge on any atom is -0.381 e. The zero-order valence-corrected chi connectivity index (χ0v) is 7.43. The minimum atomic E-state index is -3.79. The lowest BCUT2D eigenvalue weighted by atomic mass is 10.5. The Morgan fingerprint density at radius 3 is 2.45 bits per heavy atom. The van der Waals surface area contributed by atoms with Crippen LogP contribution in [0.1, 0.15) is 19.8 Å². The van der Waals surface area contributed by atoms with Crippen LogP contribution in [-0.2, 0) is 14.9 Å². The molecule has 0 aromatic heterocycles. The van der Waals surface area contributed by atoms with E-state index >= 15 is 0 Å². The molecular formula is C6H14O4S. The normalized spacial score (nSPS) is 11.8. The second-order valence-electron chi connectivity index (χ2n) is 2.25. The van der Waals surface area contributed by atoms with E-state index in [1.165, 1.54) is 0 Å². The molecule has 11 heavy (non-hydrogen) atoms. The Kier molecular flexibility index (Phi) is 5.45. The van der Waals surface area contributed by atoms with E-state index < -0.39 is 10.1 Å². The van der Waals surface area contributed by atoms with Crippen molar-refractivity contribution in [2.45, 2.75) is 19.8 Å². The SMILES string of the molecule is CCCOCCCS(=O)(=O)O. The van der Waals surface area contributed by atoms with Gasteiger partial charge in [-0.05, 0) is 12.8 Å². The van der Waals surface area contributed by atoms with E-state index in [0.717, 1.165) is 6.42 Å². The lowest BCUT2D eigenvalue weighted by Gasteiger charge is -1.99. The fraction of sp³-hybridized carbons (Fsp3) is 1.00. The number of hydrogen-bond donors (Lipinski definition) is 1. The van der Waals surface area contributed by atoms with Crippen LogP contribution in [0.4, 0.5) is 0 Å². The first kappa shape index (κ1) is 10.9. The molecular weight excluding hydrogens is 168 g/mol. The Morgan fingerprint density at radius 1 is 1.36 bits per heavy atom. The average Bonchev–Trinajstić information content (AvgIpc) is 1.85. The maximum atomic E-state index is 10.2. The summed E-state index contributed by atoms with van der Waals surface area (Å²) in [5.74, 6) is -0.212. The standard InChI is InChI=1S/C6H14O4S/c1-2-4-10-5-3-6-11(7,8)9/h2-6H2,1H3,(H,7,8,9). The molecule has 0 rings (SSSR count). The quantitative estimate of drug-likeness (QED) is 0.485. The van der Waals surface area contributed by atoms with Crippen molar-refractivity contribution < 1.29 is 17.7 Å². The van der Waals surface area contributed by atoms with Gasteiger partial charge in [0.05, 0.1) is 5.75 Å². The molecule has 0 aliphatic rings. The Balaban J connectivity index is 3.16. The molecule has 0 aliphatic carbocycles. The van der Waals surface area contributed by atoms with Crippen molar-refractivity contribution in [2.24, 2.45) is 0 Å². The van der Waals surface area contributed by atoms with Gasteiger partial charge in [0.15, 0.2) is 0 Å². The zero-order valence-electron chi connectivity index (χ0n) is 6.62. The Morgan fingerprint density at radius 2 is 2.00 bits per heavy atom. The Hall–Kier alpha value is -0.130. The third-order valence-electron chi connectivity index (χ3n) is 1.04. The van der Waals surface area contributed by atoms with Crippen LogP contribution in [0, 0.1) is 0 Å². The van der Waals surface area contributed by atoms with E-state index in [0.29, 0.717) is 19.6 Å². The predicted octanol–water partition coefficient (Wildman–Crippen LogP) is 0.691. The molecule has 0 aromatic rings. The first-order chi connectivity index (χ1) is 5.06. The monoisotopic (exact) mass is 182 g/mol. The molecule has 1 N–H and O–H groups in total. The Bertz CT molecular complexity index is 173. The molecule has 0 unspecified atom stereocenters. The van der Waals surface area contributed by atoms with Crippen molar-refractivity contribution in [3.8, 4) is 0 Å². The van der Waals surface area contributed by atoms with Gasteiger partial charge in [-0.2, -0.15) is 8.42 Å². The predicted molar refractivity (Wildman–Crippen MR) is 42.1 cm³/mol. The van der Waals surface area contributed by atoms with Gasteiger partial charge in [0.25, 0.3) is 10.1 Å². The highest BCUT2D eigenvalue weighted by molar-refractivity contribution is 7.85. The molecule has 0 aromatic carbocycles. The van der Waals surface area contributed by atoms with E-state index in [9.17, 15) is 8.42 Å². The first-order valence-corrected chi connectivity index (χ1v) is 5.20. The summed E-state index contributed by atoms with van der Waals surface area (Å²) in [6, 6.07) is 0. The van der Waals surface area contributed by atoms with Gasteiger partial charge in [-0.15, -0.1) is 0 Å². The summed E-state index contributed by atoms with van der Waals surface area (Å²) < 4.78 is 33.6. The molecule has 0 fully saturated rings. The highest BCUT2D eigenvalue weighted by Gasteiger charge is 2.02. The van der Waals surface area contributed by atoms with Gasteiger partial charge in [-0.3, -0.25) is 4.55 Å². The van der Waals surface area contributed by atoms with Crippen LogP contribution in [0.25, 0.3) is 0 Å². The molecule has 5 heteroatoms. The van der Waals surface area contributed by atoms with E-state index in [1.54, 1.807) is 0 Å². The average molecular weight is 182 g/mol. The van der Waals surface area contributed by atoms with Gasteiger partial charge in [-0.1, -0.05) is 6.92 Å². The van der Waals surface area contributed by atoms with Crippen LogP contribution in [0.2, 0.25) is 0 Å². The fourth-order valence-corrected chi connectivity index (χ4v) is 1.07. The summed E-state index contributed by atoms with van der Waals surface area (Å²) in [6.45, 7) is 3.02. The second kappa shape index (κ2) is 5.51. The molecule has 0 bridgehead atoms. The van der Waals surface area contributed by atoms with Crippen LogP contribution in [0.5, 0.6) is 0 Å². The summed E-state index contributed by atoms with van der Waals surface area (Å²) >= 11 is 0. The van der Waals surface area contributed by atoms with Crippen LogP contribution in [-0.4, -0.2) is 31.9 Å². The summed E-state index contributed by atoms with van der Waals surface area (Å²) in [5, 5.41) is 0. The number of rotatable bonds is 6. The van der Waals surface area contributed by atoms with Crippen molar-refractivity contribution in [1.29, 1.82) is 0 Å². The maximum Gasteiger partial charge on any atom is 0.264 e. The molecule has 0 saturated carbocycles. The molecule has 0 spiro atoms. The lowest BCUT2D eigenvalue weighted by molar-refractivity contribution is 0.135. The molecule has 0 atom stereocenters. The molecule has 0 saturated heterocycles. The summed E-state index contributed by atoms with van der Waals surface area (Å²) in [6.07, 6.45) is 1.28. The van der Waals surface area contributed by atoms with Crippen LogP contribution in [0.15, 0.2) is 0 Å². The van der Waals surface area contributed by atoms with Crippen LogP contribution < -0.4 is 0 Å². The number of ether oxygens (including phenoxy) is 1. The van der Waals surface area contributed by atoms with Gasteiger partial charge in [0.1, 0.15) is 0 Å². The molecule has 4 nitrogen and oxygen atoms in total. The first-order valence-electron chi connectivity index (χ1n) is 3.59. The molecule has 0 radical (unpaired) electrons. The smallest absolute Gasteiger partial charge is 0.264 e. The summed E-state index contributed by atoms with van der Waals surface area (Å²) in [5.41, 5.74) is 0. The van der Waals surface area contributed by atoms with Gasteiger partial charge in [0.2, 0.25) is 0 Å². The summed E-state index contributed by atoms with van der Waals surface area (Å²) in [4.78, 5) is 0. The van der Waals surface area contributed by atoms with E-state index in [2.05, 4.69) is 0 Å². The van der Waals surface area contributed by atoms with Gasteiger partial charge in [-0.25, -0.2) is 0 Å². The third-order valence-corrected chi connectivity index (χ3v) is 1.84. The van der Waals surface area contributed by atoms with Gasteiger partial charge < -0.3 is 4.74 Å². The minimum absolute atomic E-state index is 0.212. The highest BCUT2D eigenvalue weighted by Crippen LogP contribution is 1.90. The molecule has 68 valence electrons. The second-order valence-corrected chi connectivity index (χ2v) is 3.82. The molecule has 0 amide bonds. The van der Waals surface area contributed by atoms with Crippen molar-refractivity contribution >= 4 is 10.1 Å². The zero-order chi connectivity index (χ0) is 8.74. The van der Waals surface area contributed by atoms with Crippen LogP contribution in [0.3, 0.4) is 0 Å². The fourth-order valence-electron chi connectivity index (χ4n) is 0.590. The van der Waals surface area contributed by atoms with Crippen molar-refractivity contribution in [3.05, 3.63) is 0 Å². The van der Waals surface area contributed by atoms with E-state index in [1.807, 2.05) is 6.92 Å². The van der Waals surface area contributed by atoms with Gasteiger partial charge in [0, 0.05) is 13.2 Å². The van der Waals surface area contributed by atoms with Crippen molar-refractivity contribution in [3.63, 3.8) is 0 Å². The molecule has 0 heterocycles. The topological polar surface area (TPSA) is 63.6 Å². The van der Waals surface area contributed by atoms with Crippen molar-refractivity contribution in [2.75, 3.05) is 19.0 Å². The summed E-state index contributed by atoms with van der Waals surface area (Å²) in [7, 11) is -3.79. The Labute approximate surface area is 67.3 Å². The highest BCUT2D eigenvalue weighted by atomic mass is 32.2. The van der Waals surface area contributed by atoms with E-state index in [4.69, 9.17) is 9.29 Å². The largest absolute Gasteiger partial charge is 0.381 e. The van der Waals surface area contributed by atoms with E-state index in [-0.39, 0.29) is 5.75 Å².